The largest absolute Gasteiger partial charge is 0.372 e. The van der Waals surface area contributed by atoms with Crippen molar-refractivity contribution in [2.24, 2.45) is 5.92 Å². The number of thiazole rings is 1. The summed E-state index contributed by atoms with van der Waals surface area (Å²) in [6.07, 6.45) is 7.45. The average Bonchev–Trinajstić information content (AvgIpc) is 3.00. The van der Waals surface area contributed by atoms with Crippen molar-refractivity contribution in [3.63, 3.8) is 0 Å². The summed E-state index contributed by atoms with van der Waals surface area (Å²) in [6, 6.07) is 0.795. The molecular formula is C12H18N2OS. The summed E-state index contributed by atoms with van der Waals surface area (Å²) in [5.41, 5.74) is 1.90. The lowest BCUT2D eigenvalue weighted by atomic mass is 9.93. The van der Waals surface area contributed by atoms with E-state index >= 15 is 0 Å². The third kappa shape index (κ3) is 2.44. The van der Waals surface area contributed by atoms with Crippen molar-refractivity contribution in [1.82, 2.24) is 10.3 Å². The van der Waals surface area contributed by atoms with Crippen LogP contribution in [0.1, 0.15) is 36.7 Å². The zero-order chi connectivity index (χ0) is 10.8. The normalized spacial score (nSPS) is 30.5. The van der Waals surface area contributed by atoms with E-state index in [0.29, 0.717) is 5.92 Å². The molecule has 2 fully saturated rings. The highest BCUT2D eigenvalue weighted by Gasteiger charge is 2.30. The number of ether oxygens (including phenoxy) is 1. The van der Waals surface area contributed by atoms with E-state index in [1.165, 1.54) is 30.6 Å². The molecule has 1 N–H and O–H groups in total. The van der Waals surface area contributed by atoms with Gasteiger partial charge in [-0.15, -0.1) is 11.3 Å². The van der Waals surface area contributed by atoms with E-state index in [1.807, 2.05) is 11.7 Å². The van der Waals surface area contributed by atoms with Gasteiger partial charge in [-0.25, -0.2) is 0 Å². The van der Waals surface area contributed by atoms with Gasteiger partial charge in [-0.1, -0.05) is 0 Å². The van der Waals surface area contributed by atoms with Crippen molar-refractivity contribution in [2.75, 3.05) is 13.2 Å². The molecule has 2 atom stereocenters. The predicted molar refractivity (Wildman–Crippen MR) is 64.6 cm³/mol. The molecule has 88 valence electrons. The van der Waals surface area contributed by atoms with Crippen LogP contribution in [0.25, 0.3) is 0 Å². The Morgan fingerprint density at radius 3 is 3.12 bits per heavy atom. The predicted octanol–water partition coefficient (Wildman–Crippen LogP) is 2.36. The number of hydrogen-bond acceptors (Lipinski definition) is 4. The van der Waals surface area contributed by atoms with Crippen LogP contribution >= 0.6 is 11.3 Å². The highest BCUT2D eigenvalue weighted by molar-refractivity contribution is 7.09. The molecule has 1 aliphatic carbocycles. The van der Waals surface area contributed by atoms with Crippen LogP contribution in [-0.4, -0.2) is 24.2 Å². The third-order valence-electron chi connectivity index (χ3n) is 3.42. The molecule has 16 heavy (non-hydrogen) atoms. The molecule has 1 aromatic rings. The van der Waals surface area contributed by atoms with Gasteiger partial charge < -0.3 is 10.1 Å². The van der Waals surface area contributed by atoms with Crippen molar-refractivity contribution in [1.29, 1.82) is 0 Å². The van der Waals surface area contributed by atoms with Gasteiger partial charge in [-0.2, -0.15) is 0 Å². The lowest BCUT2D eigenvalue weighted by Crippen LogP contribution is -2.32. The maximum atomic E-state index is 5.92. The minimum absolute atomic E-state index is 0.285. The second-order valence-corrected chi connectivity index (χ2v) is 5.70. The zero-order valence-electron chi connectivity index (χ0n) is 9.39. The van der Waals surface area contributed by atoms with E-state index in [4.69, 9.17) is 4.74 Å². The van der Waals surface area contributed by atoms with Crippen molar-refractivity contribution >= 4 is 11.3 Å². The third-order valence-corrected chi connectivity index (χ3v) is 4.26. The second-order valence-electron chi connectivity index (χ2n) is 4.78. The summed E-state index contributed by atoms with van der Waals surface area (Å²) in [5, 5.41) is 3.62. The van der Waals surface area contributed by atoms with Crippen LogP contribution in [0.15, 0.2) is 11.7 Å². The Labute approximate surface area is 100 Å². The van der Waals surface area contributed by atoms with Crippen LogP contribution in [0.4, 0.5) is 0 Å². The van der Waals surface area contributed by atoms with Gasteiger partial charge >= 0.3 is 0 Å². The Morgan fingerprint density at radius 2 is 2.38 bits per heavy atom. The van der Waals surface area contributed by atoms with Gasteiger partial charge in [0.05, 0.1) is 16.5 Å². The van der Waals surface area contributed by atoms with Gasteiger partial charge in [0.15, 0.2) is 0 Å². The number of rotatable bonds is 4. The maximum Gasteiger partial charge on any atom is 0.0972 e. The monoisotopic (exact) mass is 238 g/mol. The summed E-state index contributed by atoms with van der Waals surface area (Å²) >= 11 is 1.72. The van der Waals surface area contributed by atoms with E-state index in [-0.39, 0.29) is 6.10 Å². The van der Waals surface area contributed by atoms with Crippen LogP contribution < -0.4 is 5.32 Å². The molecule has 1 aliphatic heterocycles. The van der Waals surface area contributed by atoms with Crippen LogP contribution in [-0.2, 0) is 4.74 Å². The van der Waals surface area contributed by atoms with Crippen molar-refractivity contribution < 1.29 is 4.74 Å². The fourth-order valence-electron chi connectivity index (χ4n) is 2.34. The molecule has 0 amide bonds. The minimum Gasteiger partial charge on any atom is -0.372 e. The number of nitrogens with zero attached hydrogens (tertiary/aromatic N) is 1. The first kappa shape index (κ1) is 10.7. The van der Waals surface area contributed by atoms with E-state index in [9.17, 15) is 0 Å². The molecule has 4 heteroatoms. The molecule has 3 rings (SSSR count). The summed E-state index contributed by atoms with van der Waals surface area (Å²) in [7, 11) is 0. The molecule has 0 spiro atoms. The molecule has 2 aliphatic rings. The molecule has 0 bridgehead atoms. The quantitative estimate of drug-likeness (QED) is 0.874. The molecule has 1 saturated heterocycles. The first-order valence-electron chi connectivity index (χ1n) is 6.17. The van der Waals surface area contributed by atoms with Crippen molar-refractivity contribution in [3.05, 3.63) is 16.6 Å². The molecule has 0 radical (unpaired) electrons. The summed E-state index contributed by atoms with van der Waals surface area (Å²) in [6.45, 7) is 2.01. The second kappa shape index (κ2) is 4.82. The molecule has 1 aromatic heterocycles. The average molecular weight is 238 g/mol. The summed E-state index contributed by atoms with van der Waals surface area (Å²) in [5.74, 6) is 0.634. The molecule has 2 heterocycles. The number of nitrogens with one attached hydrogen (secondary N) is 1. The van der Waals surface area contributed by atoms with E-state index in [1.54, 1.807) is 11.3 Å². The highest BCUT2D eigenvalue weighted by atomic mass is 32.1. The fourth-order valence-corrected chi connectivity index (χ4v) is 3.10. The first-order valence-corrected chi connectivity index (χ1v) is 7.05. The minimum atomic E-state index is 0.285. The lowest BCUT2D eigenvalue weighted by Gasteiger charge is -2.31. The van der Waals surface area contributed by atoms with Gasteiger partial charge in [0.2, 0.25) is 0 Å². The SMILES string of the molecule is c1ncc(C2OCCCC2CNC2CC2)s1. The smallest absolute Gasteiger partial charge is 0.0972 e. The van der Waals surface area contributed by atoms with Crippen molar-refractivity contribution in [2.45, 2.75) is 37.8 Å². The fraction of sp³-hybridized carbons (Fsp3) is 0.750. The van der Waals surface area contributed by atoms with Crippen LogP contribution in [0.2, 0.25) is 0 Å². The Bertz CT molecular complexity index is 324. The molecule has 1 saturated carbocycles. The summed E-state index contributed by atoms with van der Waals surface area (Å²) in [4.78, 5) is 5.45. The van der Waals surface area contributed by atoms with E-state index in [0.717, 1.165) is 19.2 Å². The van der Waals surface area contributed by atoms with Gasteiger partial charge in [-0.3, -0.25) is 4.98 Å². The van der Waals surface area contributed by atoms with Gasteiger partial charge in [0, 0.05) is 31.3 Å². The van der Waals surface area contributed by atoms with Crippen LogP contribution in [0.3, 0.4) is 0 Å². The van der Waals surface area contributed by atoms with E-state index < -0.39 is 0 Å². The highest BCUT2D eigenvalue weighted by Crippen LogP contribution is 2.35. The van der Waals surface area contributed by atoms with Crippen molar-refractivity contribution in [3.8, 4) is 0 Å². The molecule has 2 unspecified atom stereocenters. The van der Waals surface area contributed by atoms with E-state index in [2.05, 4.69) is 10.3 Å². The number of hydrogen-bond donors (Lipinski definition) is 1. The maximum absolute atomic E-state index is 5.92. The summed E-state index contributed by atoms with van der Waals surface area (Å²) < 4.78 is 5.92. The Morgan fingerprint density at radius 1 is 1.44 bits per heavy atom. The first-order chi connectivity index (χ1) is 7.93. The zero-order valence-corrected chi connectivity index (χ0v) is 10.2. The van der Waals surface area contributed by atoms with Crippen LogP contribution in [0.5, 0.6) is 0 Å². The Balaban J connectivity index is 1.63. The molecule has 3 nitrogen and oxygen atoms in total. The van der Waals surface area contributed by atoms with Gasteiger partial charge in [0.1, 0.15) is 0 Å². The van der Waals surface area contributed by atoms with Gasteiger partial charge in [0.25, 0.3) is 0 Å². The molecular weight excluding hydrogens is 220 g/mol. The van der Waals surface area contributed by atoms with Gasteiger partial charge in [-0.05, 0) is 25.7 Å². The lowest BCUT2D eigenvalue weighted by molar-refractivity contribution is -0.0258. The number of aromatic nitrogens is 1. The molecule has 0 aromatic carbocycles. The Hall–Kier alpha value is -0.450. The Kier molecular flexibility index (Phi) is 3.22. The topological polar surface area (TPSA) is 34.1 Å². The van der Waals surface area contributed by atoms with Crippen LogP contribution in [0, 0.1) is 5.92 Å². The standard InChI is InChI=1S/C12H18N2OS/c1-2-9(6-14-10-3-4-10)12(15-5-1)11-7-13-8-16-11/h7-10,12,14H,1-6H2.